The third-order valence-electron chi connectivity index (χ3n) is 3.45. The number of ether oxygens (including phenoxy) is 1. The zero-order valence-electron chi connectivity index (χ0n) is 13.9. The Morgan fingerprint density at radius 1 is 1.19 bits per heavy atom. The molecule has 0 N–H and O–H groups in total. The number of carbonyl (C=O) groups is 2. The van der Waals surface area contributed by atoms with Gasteiger partial charge in [0.15, 0.2) is 6.61 Å². The standard InChI is InChI=1S/C17H14F2N2O5/c1-20-8-10(16(24)21(2)17(20)25)3-6-15(23)26-9-14(22)12-5-4-11(18)7-13(12)19/h3-8H,9H2,1-2H3/b6-3+. The van der Waals surface area contributed by atoms with Gasteiger partial charge in [0.25, 0.3) is 5.56 Å². The number of carbonyl (C=O) groups excluding carboxylic acids is 2. The number of hydrogen-bond donors (Lipinski definition) is 0. The highest BCUT2D eigenvalue weighted by molar-refractivity contribution is 5.99. The number of benzene rings is 1. The summed E-state index contributed by atoms with van der Waals surface area (Å²) in [4.78, 5) is 46.9. The highest BCUT2D eigenvalue weighted by Crippen LogP contribution is 2.10. The predicted molar refractivity (Wildman–Crippen MR) is 87.6 cm³/mol. The summed E-state index contributed by atoms with van der Waals surface area (Å²) in [5.41, 5.74) is -1.49. The van der Waals surface area contributed by atoms with Crippen LogP contribution in [0.3, 0.4) is 0 Å². The topological polar surface area (TPSA) is 87.4 Å². The number of aromatic nitrogens is 2. The summed E-state index contributed by atoms with van der Waals surface area (Å²) < 4.78 is 33.0. The smallest absolute Gasteiger partial charge is 0.331 e. The molecule has 2 rings (SSSR count). The average Bonchev–Trinajstić information content (AvgIpc) is 2.59. The number of aryl methyl sites for hydroxylation is 1. The Morgan fingerprint density at radius 2 is 1.88 bits per heavy atom. The van der Waals surface area contributed by atoms with Gasteiger partial charge in [-0.1, -0.05) is 0 Å². The number of esters is 1. The van der Waals surface area contributed by atoms with Crippen LogP contribution in [0.5, 0.6) is 0 Å². The zero-order valence-corrected chi connectivity index (χ0v) is 13.9. The van der Waals surface area contributed by atoms with E-state index < -0.39 is 46.8 Å². The van der Waals surface area contributed by atoms with Crippen molar-refractivity contribution in [2.75, 3.05) is 6.61 Å². The summed E-state index contributed by atoms with van der Waals surface area (Å²) in [6.45, 7) is -0.753. The highest BCUT2D eigenvalue weighted by atomic mass is 19.1. The predicted octanol–water partition coefficient (Wildman–Crippen LogP) is 0.801. The number of Topliss-reactive ketones (excluding diaryl/α,β-unsaturated/α-hetero) is 1. The summed E-state index contributed by atoms with van der Waals surface area (Å²) in [7, 11) is 2.73. The number of hydrogen-bond acceptors (Lipinski definition) is 5. The Labute approximate surface area is 145 Å². The molecule has 0 saturated heterocycles. The Bertz CT molecular complexity index is 1020. The molecule has 1 aromatic heterocycles. The molecule has 0 aliphatic heterocycles. The van der Waals surface area contributed by atoms with Crippen LogP contribution in [0.4, 0.5) is 8.78 Å². The summed E-state index contributed by atoms with van der Waals surface area (Å²) in [6, 6.07) is 2.41. The number of ketones is 1. The molecule has 9 heteroatoms. The van der Waals surface area contributed by atoms with Crippen molar-refractivity contribution in [2.45, 2.75) is 0 Å². The van der Waals surface area contributed by atoms with Gasteiger partial charge in [-0.05, 0) is 18.2 Å². The van der Waals surface area contributed by atoms with Crippen molar-refractivity contribution in [1.29, 1.82) is 0 Å². The minimum Gasteiger partial charge on any atom is -0.454 e. The summed E-state index contributed by atoms with van der Waals surface area (Å²) >= 11 is 0. The van der Waals surface area contributed by atoms with Crippen molar-refractivity contribution in [3.05, 3.63) is 74.1 Å². The monoisotopic (exact) mass is 364 g/mol. The molecule has 0 spiro atoms. The molecule has 1 aromatic carbocycles. The largest absolute Gasteiger partial charge is 0.454 e. The normalized spacial score (nSPS) is 10.9. The van der Waals surface area contributed by atoms with Crippen LogP contribution in [-0.4, -0.2) is 27.5 Å². The van der Waals surface area contributed by atoms with Crippen LogP contribution in [-0.2, 0) is 23.6 Å². The van der Waals surface area contributed by atoms with E-state index in [4.69, 9.17) is 0 Å². The van der Waals surface area contributed by atoms with Crippen molar-refractivity contribution < 1.29 is 23.1 Å². The van der Waals surface area contributed by atoms with Gasteiger partial charge in [0, 0.05) is 32.4 Å². The Morgan fingerprint density at radius 3 is 2.54 bits per heavy atom. The zero-order chi connectivity index (χ0) is 19.4. The minimum atomic E-state index is -1.06. The minimum absolute atomic E-state index is 0.0578. The van der Waals surface area contributed by atoms with Crippen LogP contribution in [0.25, 0.3) is 6.08 Å². The van der Waals surface area contributed by atoms with E-state index >= 15 is 0 Å². The van der Waals surface area contributed by atoms with Crippen molar-refractivity contribution in [2.24, 2.45) is 14.1 Å². The van der Waals surface area contributed by atoms with E-state index in [0.717, 1.165) is 33.4 Å². The summed E-state index contributed by atoms with van der Waals surface area (Å²) in [6.07, 6.45) is 3.27. The van der Waals surface area contributed by atoms with Crippen LogP contribution in [0, 0.1) is 11.6 Å². The molecule has 0 atom stereocenters. The quantitative estimate of drug-likeness (QED) is 0.445. The van der Waals surface area contributed by atoms with E-state index in [2.05, 4.69) is 4.74 Å². The van der Waals surface area contributed by atoms with Gasteiger partial charge < -0.3 is 9.30 Å². The average molecular weight is 364 g/mol. The second-order valence-electron chi connectivity index (χ2n) is 5.33. The molecule has 0 fully saturated rings. The lowest BCUT2D eigenvalue weighted by Gasteiger charge is -2.04. The van der Waals surface area contributed by atoms with Gasteiger partial charge in [-0.15, -0.1) is 0 Å². The van der Waals surface area contributed by atoms with Crippen LogP contribution >= 0.6 is 0 Å². The van der Waals surface area contributed by atoms with Gasteiger partial charge in [0.2, 0.25) is 5.78 Å². The molecule has 0 aliphatic rings. The Kier molecular flexibility index (Phi) is 5.61. The fourth-order valence-electron chi connectivity index (χ4n) is 2.09. The maximum absolute atomic E-state index is 13.5. The molecule has 0 saturated carbocycles. The van der Waals surface area contributed by atoms with Crippen LogP contribution in [0.2, 0.25) is 0 Å². The van der Waals surface area contributed by atoms with Gasteiger partial charge in [0.1, 0.15) is 11.6 Å². The maximum Gasteiger partial charge on any atom is 0.331 e. The van der Waals surface area contributed by atoms with Crippen molar-refractivity contribution >= 4 is 17.8 Å². The van der Waals surface area contributed by atoms with E-state index in [1.54, 1.807) is 0 Å². The lowest BCUT2D eigenvalue weighted by atomic mass is 10.1. The van der Waals surface area contributed by atoms with Gasteiger partial charge in [-0.3, -0.25) is 14.2 Å². The summed E-state index contributed by atoms with van der Waals surface area (Å²) in [5.74, 6) is -3.69. The SMILES string of the molecule is Cn1cc(/C=C/C(=O)OCC(=O)c2ccc(F)cc2F)c(=O)n(C)c1=O. The lowest BCUT2D eigenvalue weighted by molar-refractivity contribution is -0.136. The molecule has 0 bridgehead atoms. The third kappa shape index (κ3) is 4.18. The second-order valence-corrected chi connectivity index (χ2v) is 5.33. The van der Waals surface area contributed by atoms with Gasteiger partial charge >= 0.3 is 11.7 Å². The Balaban J connectivity index is 2.05. The molecule has 136 valence electrons. The van der Waals surface area contributed by atoms with Crippen molar-refractivity contribution in [3.63, 3.8) is 0 Å². The van der Waals surface area contributed by atoms with Gasteiger partial charge in [-0.25, -0.2) is 18.4 Å². The highest BCUT2D eigenvalue weighted by Gasteiger charge is 2.14. The first-order valence-electron chi connectivity index (χ1n) is 7.30. The molecule has 0 amide bonds. The molecule has 0 aliphatic carbocycles. The second kappa shape index (κ2) is 7.68. The first-order valence-corrected chi connectivity index (χ1v) is 7.30. The van der Waals surface area contributed by atoms with Crippen LogP contribution in [0.1, 0.15) is 15.9 Å². The van der Waals surface area contributed by atoms with E-state index in [9.17, 15) is 28.0 Å². The molecule has 26 heavy (non-hydrogen) atoms. The van der Waals surface area contributed by atoms with Gasteiger partial charge in [-0.2, -0.15) is 0 Å². The number of nitrogens with zero attached hydrogens (tertiary/aromatic N) is 2. The molecule has 1 heterocycles. The summed E-state index contributed by atoms with van der Waals surface area (Å²) in [5, 5.41) is 0. The third-order valence-corrected chi connectivity index (χ3v) is 3.45. The van der Waals surface area contributed by atoms with E-state index in [0.29, 0.717) is 6.07 Å². The van der Waals surface area contributed by atoms with Crippen molar-refractivity contribution in [3.8, 4) is 0 Å². The van der Waals surface area contributed by atoms with Gasteiger partial charge in [0.05, 0.1) is 11.1 Å². The maximum atomic E-state index is 13.5. The number of halogens is 2. The molecule has 7 nitrogen and oxygen atoms in total. The Hall–Kier alpha value is -3.36. The molecular weight excluding hydrogens is 350 g/mol. The molecule has 0 unspecified atom stereocenters. The van der Waals surface area contributed by atoms with Crippen molar-refractivity contribution in [1.82, 2.24) is 9.13 Å². The number of rotatable bonds is 5. The fraction of sp³-hybridized carbons (Fsp3) is 0.176. The van der Waals surface area contributed by atoms with E-state index in [1.807, 2.05) is 0 Å². The van der Waals surface area contributed by atoms with Crippen LogP contribution in [0.15, 0.2) is 40.1 Å². The lowest BCUT2D eigenvalue weighted by Crippen LogP contribution is -2.37. The first kappa shape index (κ1) is 19.0. The fourth-order valence-corrected chi connectivity index (χ4v) is 2.09. The van der Waals surface area contributed by atoms with E-state index in [1.165, 1.54) is 20.3 Å². The molecular formula is C17H14F2N2O5. The molecule has 2 aromatic rings. The van der Waals surface area contributed by atoms with Crippen LogP contribution < -0.4 is 11.2 Å². The molecule has 0 radical (unpaired) electrons. The van der Waals surface area contributed by atoms with E-state index in [-0.39, 0.29) is 5.56 Å². The first-order chi connectivity index (χ1) is 12.2.